The molecule has 0 aliphatic heterocycles. The van der Waals surface area contributed by atoms with Crippen LogP contribution in [0.15, 0.2) is 6.33 Å². The van der Waals surface area contributed by atoms with E-state index in [1.54, 1.807) is 0 Å². The highest BCUT2D eigenvalue weighted by molar-refractivity contribution is 14.1. The van der Waals surface area contributed by atoms with E-state index in [0.717, 1.165) is 0 Å². The summed E-state index contributed by atoms with van der Waals surface area (Å²) in [6, 6.07) is 0. The number of hydrogen-bond donors (Lipinski definition) is 1. The second kappa shape index (κ2) is 3.61. The van der Waals surface area contributed by atoms with Gasteiger partial charge in [-0.2, -0.15) is 0 Å². The van der Waals surface area contributed by atoms with Crippen molar-refractivity contribution in [1.29, 1.82) is 0 Å². The molecule has 1 heterocycles. The molecule has 5 heteroatoms. The molecule has 0 aromatic carbocycles. The molecule has 0 aliphatic carbocycles. The first-order chi connectivity index (χ1) is 5.29. The maximum absolute atomic E-state index is 10.4. The third-order valence-corrected chi connectivity index (χ3v) is 1.96. The minimum absolute atomic E-state index is 0.252. The van der Waals surface area contributed by atoms with Gasteiger partial charge in [-0.3, -0.25) is 4.79 Å². The number of aromatic nitrogens is 2. The highest BCUT2D eigenvalue weighted by atomic mass is 127. The first-order valence-corrected chi connectivity index (χ1v) is 4.42. The van der Waals surface area contributed by atoms with Crippen LogP contribution in [-0.4, -0.2) is 16.3 Å². The quantitative estimate of drug-likeness (QED) is 0.487. The average Bonchev–Trinajstić information content (AvgIpc) is 2.04. The summed E-state index contributed by atoms with van der Waals surface area (Å²) >= 11 is 2.11. The van der Waals surface area contributed by atoms with Gasteiger partial charge < -0.3 is 5.73 Å². The molecular formula is C6H6IN3O. The predicted molar refractivity (Wildman–Crippen MR) is 49.6 cm³/mol. The summed E-state index contributed by atoms with van der Waals surface area (Å²) in [5.41, 5.74) is 6.51. The van der Waals surface area contributed by atoms with E-state index < -0.39 is 0 Å². The van der Waals surface area contributed by atoms with Crippen molar-refractivity contribution in [3.05, 3.63) is 17.6 Å². The highest BCUT2D eigenvalue weighted by Gasteiger charge is 2.05. The lowest BCUT2D eigenvalue weighted by Crippen LogP contribution is -2.02. The molecule has 0 spiro atoms. The number of nitrogens with zero attached hydrogens (tertiary/aromatic N) is 2. The highest BCUT2D eigenvalue weighted by Crippen LogP contribution is 2.11. The SMILES string of the molecule is Nc1ncnc(CI)c1C=O. The van der Waals surface area contributed by atoms with Crippen LogP contribution in [0.1, 0.15) is 16.1 Å². The molecule has 0 saturated carbocycles. The van der Waals surface area contributed by atoms with Crippen molar-refractivity contribution in [2.24, 2.45) is 0 Å². The minimum atomic E-state index is 0.252. The van der Waals surface area contributed by atoms with Gasteiger partial charge in [-0.05, 0) is 0 Å². The molecule has 0 atom stereocenters. The van der Waals surface area contributed by atoms with Gasteiger partial charge in [0.25, 0.3) is 0 Å². The van der Waals surface area contributed by atoms with Crippen LogP contribution in [0.3, 0.4) is 0 Å². The normalized spacial score (nSPS) is 9.55. The molecule has 11 heavy (non-hydrogen) atoms. The van der Waals surface area contributed by atoms with Gasteiger partial charge in [0.15, 0.2) is 6.29 Å². The first kappa shape index (κ1) is 8.38. The van der Waals surface area contributed by atoms with E-state index in [1.807, 2.05) is 0 Å². The monoisotopic (exact) mass is 263 g/mol. The number of alkyl halides is 1. The van der Waals surface area contributed by atoms with Crippen molar-refractivity contribution in [2.45, 2.75) is 4.43 Å². The van der Waals surface area contributed by atoms with Crippen molar-refractivity contribution in [2.75, 3.05) is 5.73 Å². The van der Waals surface area contributed by atoms with Crippen LogP contribution >= 0.6 is 22.6 Å². The topological polar surface area (TPSA) is 68.9 Å². The molecule has 0 saturated heterocycles. The third-order valence-electron chi connectivity index (χ3n) is 1.24. The number of aldehydes is 1. The molecule has 1 aromatic heterocycles. The van der Waals surface area contributed by atoms with Gasteiger partial charge in [-0.15, -0.1) is 0 Å². The summed E-state index contributed by atoms with van der Waals surface area (Å²) in [6.07, 6.45) is 2.04. The van der Waals surface area contributed by atoms with Gasteiger partial charge in [-0.1, -0.05) is 22.6 Å². The lowest BCUT2D eigenvalue weighted by Gasteiger charge is -1.99. The zero-order valence-electron chi connectivity index (χ0n) is 5.62. The third kappa shape index (κ3) is 1.65. The second-order valence-electron chi connectivity index (χ2n) is 1.87. The summed E-state index contributed by atoms with van der Waals surface area (Å²) in [7, 11) is 0. The van der Waals surface area contributed by atoms with Gasteiger partial charge in [-0.25, -0.2) is 9.97 Å². The van der Waals surface area contributed by atoms with Crippen LogP contribution in [0.5, 0.6) is 0 Å². The van der Waals surface area contributed by atoms with Crippen molar-refractivity contribution >= 4 is 34.7 Å². The summed E-state index contributed by atoms with van der Waals surface area (Å²) in [5, 5.41) is 0. The Hall–Kier alpha value is -0.720. The molecule has 2 N–H and O–H groups in total. The summed E-state index contributed by atoms with van der Waals surface area (Å²) in [5.74, 6) is 0.252. The van der Waals surface area contributed by atoms with E-state index in [2.05, 4.69) is 32.6 Å². The Morgan fingerprint density at radius 1 is 1.64 bits per heavy atom. The lowest BCUT2D eigenvalue weighted by atomic mass is 10.2. The Kier molecular flexibility index (Phi) is 2.75. The van der Waals surface area contributed by atoms with Crippen LogP contribution < -0.4 is 5.73 Å². The van der Waals surface area contributed by atoms with Crippen LogP contribution in [-0.2, 0) is 4.43 Å². The smallest absolute Gasteiger partial charge is 0.155 e. The number of carbonyl (C=O) groups is 1. The van der Waals surface area contributed by atoms with E-state index in [9.17, 15) is 4.79 Å². The fraction of sp³-hybridized carbons (Fsp3) is 0.167. The molecule has 0 amide bonds. The fourth-order valence-corrected chi connectivity index (χ4v) is 1.29. The molecule has 1 rings (SSSR count). The van der Waals surface area contributed by atoms with E-state index in [1.165, 1.54) is 6.33 Å². The molecule has 0 unspecified atom stereocenters. The number of nitrogen functional groups attached to an aromatic ring is 1. The Morgan fingerprint density at radius 2 is 2.36 bits per heavy atom. The van der Waals surface area contributed by atoms with E-state index in [-0.39, 0.29) is 5.82 Å². The summed E-state index contributed by atoms with van der Waals surface area (Å²) in [4.78, 5) is 18.0. The number of anilines is 1. The van der Waals surface area contributed by atoms with Crippen LogP contribution in [0.4, 0.5) is 5.82 Å². The molecule has 0 aliphatic rings. The molecule has 1 aromatic rings. The Bertz CT molecular complexity index is 277. The van der Waals surface area contributed by atoms with E-state index in [0.29, 0.717) is 22.0 Å². The van der Waals surface area contributed by atoms with E-state index in [4.69, 9.17) is 5.73 Å². The number of nitrogens with two attached hydrogens (primary N) is 1. The van der Waals surface area contributed by atoms with Gasteiger partial charge in [0.2, 0.25) is 0 Å². The predicted octanol–water partition coefficient (Wildman–Crippen LogP) is 0.806. The van der Waals surface area contributed by atoms with Gasteiger partial charge >= 0.3 is 0 Å². The molecule has 0 bridgehead atoms. The molecule has 0 fully saturated rings. The zero-order valence-corrected chi connectivity index (χ0v) is 7.78. The fourth-order valence-electron chi connectivity index (χ4n) is 0.683. The van der Waals surface area contributed by atoms with Gasteiger partial charge in [0.05, 0.1) is 11.3 Å². The molecule has 0 radical (unpaired) electrons. The van der Waals surface area contributed by atoms with E-state index >= 15 is 0 Å². The van der Waals surface area contributed by atoms with Gasteiger partial charge in [0.1, 0.15) is 12.1 Å². The standard InChI is InChI=1S/C6H6IN3O/c7-1-5-4(2-11)6(8)10-3-9-5/h2-3H,1H2,(H2,8,9,10). The van der Waals surface area contributed by atoms with Crippen LogP contribution in [0.2, 0.25) is 0 Å². The Morgan fingerprint density at radius 3 is 2.82 bits per heavy atom. The molecule has 58 valence electrons. The van der Waals surface area contributed by atoms with Crippen molar-refractivity contribution < 1.29 is 4.79 Å². The first-order valence-electron chi connectivity index (χ1n) is 2.90. The van der Waals surface area contributed by atoms with Crippen molar-refractivity contribution in [3.63, 3.8) is 0 Å². The Balaban J connectivity index is 3.24. The number of rotatable bonds is 2. The number of carbonyl (C=O) groups excluding carboxylic acids is 1. The number of hydrogen-bond acceptors (Lipinski definition) is 4. The maximum Gasteiger partial charge on any atom is 0.155 e. The van der Waals surface area contributed by atoms with Gasteiger partial charge in [0, 0.05) is 4.43 Å². The van der Waals surface area contributed by atoms with Crippen LogP contribution in [0.25, 0.3) is 0 Å². The maximum atomic E-state index is 10.4. The largest absolute Gasteiger partial charge is 0.383 e. The molecule has 4 nitrogen and oxygen atoms in total. The molecular weight excluding hydrogens is 257 g/mol. The number of halogens is 1. The minimum Gasteiger partial charge on any atom is -0.383 e. The average molecular weight is 263 g/mol. The Labute approximate surface area is 77.4 Å². The van der Waals surface area contributed by atoms with Crippen molar-refractivity contribution in [1.82, 2.24) is 9.97 Å². The zero-order chi connectivity index (χ0) is 8.27. The second-order valence-corrected chi connectivity index (χ2v) is 2.63. The van der Waals surface area contributed by atoms with Crippen LogP contribution in [0, 0.1) is 0 Å². The lowest BCUT2D eigenvalue weighted by molar-refractivity contribution is 0.112. The van der Waals surface area contributed by atoms with Crippen molar-refractivity contribution in [3.8, 4) is 0 Å². The summed E-state index contributed by atoms with van der Waals surface area (Å²) in [6.45, 7) is 0. The summed E-state index contributed by atoms with van der Waals surface area (Å²) < 4.78 is 0.665.